The number of carbonyl (C=O) groups excluding carboxylic acids is 1. The summed E-state index contributed by atoms with van der Waals surface area (Å²) < 4.78 is 5.41. The Morgan fingerprint density at radius 2 is 2.21 bits per heavy atom. The minimum atomic E-state index is 0.119. The third-order valence-corrected chi connectivity index (χ3v) is 4.03. The van der Waals surface area contributed by atoms with Crippen molar-refractivity contribution in [2.45, 2.75) is 6.42 Å². The molecule has 0 saturated carbocycles. The van der Waals surface area contributed by atoms with E-state index in [4.69, 9.17) is 4.74 Å². The van der Waals surface area contributed by atoms with Gasteiger partial charge in [0.15, 0.2) is 0 Å². The van der Waals surface area contributed by atoms with Crippen molar-refractivity contribution in [1.82, 2.24) is 14.8 Å². The molecule has 2 fully saturated rings. The lowest BCUT2D eigenvalue weighted by Gasteiger charge is -2.35. The van der Waals surface area contributed by atoms with Crippen LogP contribution in [0.1, 0.15) is 16.9 Å². The van der Waals surface area contributed by atoms with Crippen molar-refractivity contribution in [3.63, 3.8) is 0 Å². The number of aromatic nitrogens is 1. The van der Waals surface area contributed by atoms with E-state index in [1.54, 1.807) is 6.20 Å². The molecule has 0 spiro atoms. The summed E-state index contributed by atoms with van der Waals surface area (Å²) in [6.45, 7) is 6.53. The van der Waals surface area contributed by atoms with Crippen LogP contribution in [-0.4, -0.2) is 66.6 Å². The van der Waals surface area contributed by atoms with E-state index in [1.807, 2.05) is 17.0 Å². The molecule has 1 N–H and O–H groups in total. The standard InChI is InChI=1S/C14H21N3O2/c18-14(13-2-1-4-15-13)17-7-5-16(6-8-17)10-12-3-9-19-11-12/h1-2,4,12,15H,3,5-11H2. The van der Waals surface area contributed by atoms with E-state index in [2.05, 4.69) is 9.88 Å². The third kappa shape index (κ3) is 2.98. The second-order valence-electron chi connectivity index (χ2n) is 5.41. The van der Waals surface area contributed by atoms with Crippen molar-refractivity contribution in [2.24, 2.45) is 5.92 Å². The molecule has 5 heteroatoms. The van der Waals surface area contributed by atoms with E-state index in [0.29, 0.717) is 11.6 Å². The van der Waals surface area contributed by atoms with Crippen LogP contribution in [0.4, 0.5) is 0 Å². The molecule has 1 unspecified atom stereocenters. The number of amides is 1. The highest BCUT2D eigenvalue weighted by Crippen LogP contribution is 2.15. The average molecular weight is 263 g/mol. The van der Waals surface area contributed by atoms with Gasteiger partial charge in [-0.3, -0.25) is 9.69 Å². The van der Waals surface area contributed by atoms with Crippen LogP contribution in [0.3, 0.4) is 0 Å². The molecule has 0 radical (unpaired) electrons. The van der Waals surface area contributed by atoms with Gasteiger partial charge in [0, 0.05) is 45.5 Å². The SMILES string of the molecule is O=C(c1ccc[nH]1)N1CCN(CC2CCOC2)CC1. The number of H-pyrrole nitrogens is 1. The van der Waals surface area contributed by atoms with Gasteiger partial charge >= 0.3 is 0 Å². The van der Waals surface area contributed by atoms with Crippen molar-refractivity contribution in [3.8, 4) is 0 Å². The zero-order valence-corrected chi connectivity index (χ0v) is 11.2. The van der Waals surface area contributed by atoms with Gasteiger partial charge in [-0.1, -0.05) is 0 Å². The van der Waals surface area contributed by atoms with Gasteiger partial charge in [-0.15, -0.1) is 0 Å². The number of piperazine rings is 1. The van der Waals surface area contributed by atoms with E-state index in [1.165, 1.54) is 6.42 Å². The van der Waals surface area contributed by atoms with Gasteiger partial charge in [-0.05, 0) is 24.5 Å². The number of nitrogens with zero attached hydrogens (tertiary/aromatic N) is 2. The second kappa shape index (κ2) is 5.75. The fourth-order valence-corrected chi connectivity index (χ4v) is 2.86. The third-order valence-electron chi connectivity index (χ3n) is 4.03. The molecule has 0 bridgehead atoms. The van der Waals surface area contributed by atoms with Crippen LogP contribution >= 0.6 is 0 Å². The average Bonchev–Trinajstić information content (AvgIpc) is 3.12. The summed E-state index contributed by atoms with van der Waals surface area (Å²) in [5.41, 5.74) is 0.692. The van der Waals surface area contributed by atoms with E-state index >= 15 is 0 Å². The molecule has 3 heterocycles. The molecule has 2 aliphatic rings. The van der Waals surface area contributed by atoms with Gasteiger partial charge < -0.3 is 14.6 Å². The van der Waals surface area contributed by atoms with Crippen molar-refractivity contribution >= 4 is 5.91 Å². The number of hydrogen-bond donors (Lipinski definition) is 1. The molecule has 19 heavy (non-hydrogen) atoms. The summed E-state index contributed by atoms with van der Waals surface area (Å²) in [5.74, 6) is 0.805. The largest absolute Gasteiger partial charge is 0.381 e. The molecular weight excluding hydrogens is 242 g/mol. The zero-order valence-electron chi connectivity index (χ0n) is 11.2. The lowest BCUT2D eigenvalue weighted by molar-refractivity contribution is 0.0606. The molecule has 0 aliphatic carbocycles. The first-order valence-electron chi connectivity index (χ1n) is 7.05. The predicted octanol–water partition coefficient (Wildman–Crippen LogP) is 0.809. The number of ether oxygens (including phenoxy) is 1. The molecule has 1 aromatic heterocycles. The summed E-state index contributed by atoms with van der Waals surface area (Å²) >= 11 is 0. The van der Waals surface area contributed by atoms with Crippen LogP contribution in [0.15, 0.2) is 18.3 Å². The number of hydrogen-bond acceptors (Lipinski definition) is 3. The highest BCUT2D eigenvalue weighted by atomic mass is 16.5. The maximum absolute atomic E-state index is 12.2. The van der Waals surface area contributed by atoms with E-state index in [-0.39, 0.29) is 5.91 Å². The Labute approximate surface area is 113 Å². The van der Waals surface area contributed by atoms with Crippen LogP contribution in [-0.2, 0) is 4.74 Å². The van der Waals surface area contributed by atoms with Gasteiger partial charge in [-0.25, -0.2) is 0 Å². The number of carbonyl (C=O) groups is 1. The molecule has 1 atom stereocenters. The number of rotatable bonds is 3. The lowest BCUT2D eigenvalue weighted by atomic mass is 10.1. The van der Waals surface area contributed by atoms with Gasteiger partial charge in [0.1, 0.15) is 5.69 Å². The molecule has 0 aromatic carbocycles. The fourth-order valence-electron chi connectivity index (χ4n) is 2.86. The number of nitrogens with one attached hydrogen (secondary N) is 1. The first-order chi connectivity index (χ1) is 9.33. The normalized spacial score (nSPS) is 24.8. The minimum absolute atomic E-state index is 0.119. The minimum Gasteiger partial charge on any atom is -0.381 e. The van der Waals surface area contributed by atoms with Gasteiger partial charge in [-0.2, -0.15) is 0 Å². The Bertz CT molecular complexity index is 404. The lowest BCUT2D eigenvalue weighted by Crippen LogP contribution is -2.49. The summed E-state index contributed by atoms with van der Waals surface area (Å²) in [5, 5.41) is 0. The molecule has 5 nitrogen and oxygen atoms in total. The highest BCUT2D eigenvalue weighted by molar-refractivity contribution is 5.92. The van der Waals surface area contributed by atoms with Gasteiger partial charge in [0.05, 0.1) is 6.61 Å². The quantitative estimate of drug-likeness (QED) is 0.878. The first-order valence-corrected chi connectivity index (χ1v) is 7.05. The molecule has 104 valence electrons. The van der Waals surface area contributed by atoms with Crippen molar-refractivity contribution in [2.75, 3.05) is 45.9 Å². The summed E-state index contributed by atoms with van der Waals surface area (Å²) in [7, 11) is 0. The van der Waals surface area contributed by atoms with E-state index < -0.39 is 0 Å². The van der Waals surface area contributed by atoms with Crippen molar-refractivity contribution in [3.05, 3.63) is 24.0 Å². The van der Waals surface area contributed by atoms with E-state index in [0.717, 1.165) is 45.9 Å². The van der Waals surface area contributed by atoms with Crippen LogP contribution in [0, 0.1) is 5.92 Å². The molecule has 2 saturated heterocycles. The predicted molar refractivity (Wildman–Crippen MR) is 72.1 cm³/mol. The Kier molecular flexibility index (Phi) is 3.84. The Hall–Kier alpha value is -1.33. The van der Waals surface area contributed by atoms with Gasteiger partial charge in [0.2, 0.25) is 0 Å². The summed E-state index contributed by atoms with van der Waals surface area (Å²) in [4.78, 5) is 19.5. The maximum Gasteiger partial charge on any atom is 0.270 e. The number of aromatic amines is 1. The Balaban J connectivity index is 1.47. The molecule has 1 aromatic rings. The first kappa shape index (κ1) is 12.7. The topological polar surface area (TPSA) is 48.6 Å². The fraction of sp³-hybridized carbons (Fsp3) is 0.643. The molecule has 1 amide bonds. The Morgan fingerprint density at radius 3 is 2.84 bits per heavy atom. The molecule has 2 aliphatic heterocycles. The monoisotopic (exact) mass is 263 g/mol. The highest BCUT2D eigenvalue weighted by Gasteiger charge is 2.25. The maximum atomic E-state index is 12.2. The smallest absolute Gasteiger partial charge is 0.270 e. The van der Waals surface area contributed by atoms with Crippen molar-refractivity contribution in [1.29, 1.82) is 0 Å². The summed E-state index contributed by atoms with van der Waals surface area (Å²) in [6.07, 6.45) is 2.98. The van der Waals surface area contributed by atoms with Crippen molar-refractivity contribution < 1.29 is 9.53 Å². The van der Waals surface area contributed by atoms with Gasteiger partial charge in [0.25, 0.3) is 5.91 Å². The van der Waals surface area contributed by atoms with Crippen LogP contribution in [0.25, 0.3) is 0 Å². The molecular formula is C14H21N3O2. The summed E-state index contributed by atoms with van der Waals surface area (Å²) in [6, 6.07) is 3.70. The Morgan fingerprint density at radius 1 is 1.37 bits per heavy atom. The van der Waals surface area contributed by atoms with Crippen LogP contribution in [0.2, 0.25) is 0 Å². The second-order valence-corrected chi connectivity index (χ2v) is 5.41. The zero-order chi connectivity index (χ0) is 13.1. The molecule has 3 rings (SSSR count). The van der Waals surface area contributed by atoms with E-state index in [9.17, 15) is 4.79 Å². The van der Waals surface area contributed by atoms with Crippen LogP contribution in [0.5, 0.6) is 0 Å². The van der Waals surface area contributed by atoms with Crippen LogP contribution < -0.4 is 0 Å².